The Morgan fingerprint density at radius 3 is 2.83 bits per heavy atom. The summed E-state index contributed by atoms with van der Waals surface area (Å²) in [5.41, 5.74) is 2.87. The summed E-state index contributed by atoms with van der Waals surface area (Å²) in [4.78, 5) is 0. The Hall–Kier alpha value is -0.860. The van der Waals surface area contributed by atoms with Gasteiger partial charge in [0.25, 0.3) is 0 Å². The van der Waals surface area contributed by atoms with E-state index >= 15 is 0 Å². The molecule has 1 aliphatic carbocycles. The van der Waals surface area contributed by atoms with E-state index in [4.69, 9.17) is 4.74 Å². The van der Waals surface area contributed by atoms with Crippen LogP contribution in [0.25, 0.3) is 0 Å². The third kappa shape index (κ3) is 3.56. The van der Waals surface area contributed by atoms with Gasteiger partial charge in [0.2, 0.25) is 0 Å². The number of hydrogen-bond donors (Lipinski definition) is 1. The molecule has 0 bridgehead atoms. The molecule has 1 saturated carbocycles. The van der Waals surface area contributed by atoms with Gasteiger partial charge in [-0.05, 0) is 45.1 Å². The molecule has 0 amide bonds. The van der Waals surface area contributed by atoms with Crippen LogP contribution in [0.3, 0.4) is 0 Å². The van der Waals surface area contributed by atoms with E-state index in [1.807, 2.05) is 6.92 Å². The molecule has 2 rings (SSSR count). The van der Waals surface area contributed by atoms with Gasteiger partial charge in [-0.15, -0.1) is 0 Å². The molecular weight excluding hydrogens is 222 g/mol. The van der Waals surface area contributed by atoms with Crippen LogP contribution < -0.4 is 5.32 Å². The van der Waals surface area contributed by atoms with Crippen molar-refractivity contribution in [1.29, 1.82) is 0 Å². The number of nitrogens with one attached hydrogen (secondary N) is 1. The lowest BCUT2D eigenvalue weighted by atomic mass is 9.75. The minimum absolute atomic E-state index is 0.327. The molecule has 1 aromatic rings. The van der Waals surface area contributed by atoms with Crippen LogP contribution in [0.1, 0.15) is 43.7 Å². The van der Waals surface area contributed by atoms with Gasteiger partial charge in [-0.25, -0.2) is 0 Å². The van der Waals surface area contributed by atoms with E-state index in [9.17, 15) is 0 Å². The maximum absolute atomic E-state index is 5.53. The molecule has 0 saturated heterocycles. The summed E-state index contributed by atoms with van der Waals surface area (Å²) in [7, 11) is 0. The van der Waals surface area contributed by atoms with Crippen molar-refractivity contribution in [3.8, 4) is 0 Å². The highest BCUT2D eigenvalue weighted by molar-refractivity contribution is 5.27. The number of hydrogen-bond acceptors (Lipinski definition) is 2. The van der Waals surface area contributed by atoms with Crippen LogP contribution in [0.5, 0.6) is 0 Å². The molecule has 1 aliphatic rings. The van der Waals surface area contributed by atoms with Crippen molar-refractivity contribution in [3.05, 3.63) is 35.4 Å². The van der Waals surface area contributed by atoms with Crippen LogP contribution in [0.2, 0.25) is 0 Å². The fraction of sp³-hybridized carbons (Fsp3) is 0.625. The molecule has 0 aromatic heterocycles. The highest BCUT2D eigenvalue weighted by Gasteiger charge is 2.29. The molecule has 0 aliphatic heterocycles. The Bertz CT molecular complexity index is 371. The van der Waals surface area contributed by atoms with Crippen molar-refractivity contribution in [2.75, 3.05) is 13.2 Å². The van der Waals surface area contributed by atoms with Crippen LogP contribution in [0.15, 0.2) is 24.3 Å². The average Bonchev–Trinajstić information content (AvgIpc) is 2.27. The minimum Gasteiger partial charge on any atom is -0.377 e. The van der Waals surface area contributed by atoms with Crippen LogP contribution in [-0.4, -0.2) is 25.3 Å². The molecule has 2 nitrogen and oxygen atoms in total. The van der Waals surface area contributed by atoms with Crippen molar-refractivity contribution >= 4 is 0 Å². The van der Waals surface area contributed by atoms with Gasteiger partial charge in [0.1, 0.15) is 0 Å². The lowest BCUT2D eigenvalue weighted by Gasteiger charge is -2.37. The topological polar surface area (TPSA) is 21.3 Å². The summed E-state index contributed by atoms with van der Waals surface area (Å²) in [6, 6.07) is 9.60. The highest BCUT2D eigenvalue weighted by Crippen LogP contribution is 2.36. The van der Waals surface area contributed by atoms with Gasteiger partial charge in [0, 0.05) is 19.2 Å². The zero-order valence-electron chi connectivity index (χ0n) is 11.8. The van der Waals surface area contributed by atoms with Gasteiger partial charge in [0.15, 0.2) is 0 Å². The third-order valence-corrected chi connectivity index (χ3v) is 3.80. The van der Waals surface area contributed by atoms with Crippen molar-refractivity contribution in [1.82, 2.24) is 5.32 Å². The average molecular weight is 247 g/mol. The van der Waals surface area contributed by atoms with Gasteiger partial charge < -0.3 is 10.1 Å². The van der Waals surface area contributed by atoms with E-state index in [2.05, 4.69) is 43.4 Å². The highest BCUT2D eigenvalue weighted by atomic mass is 16.5. The van der Waals surface area contributed by atoms with Gasteiger partial charge in [-0.1, -0.05) is 29.8 Å². The van der Waals surface area contributed by atoms with Crippen molar-refractivity contribution < 1.29 is 4.74 Å². The second-order valence-corrected chi connectivity index (χ2v) is 5.45. The second kappa shape index (κ2) is 6.35. The lowest BCUT2D eigenvalue weighted by molar-refractivity contribution is 0.0702. The molecule has 1 unspecified atom stereocenters. The fourth-order valence-electron chi connectivity index (χ4n) is 2.66. The second-order valence-electron chi connectivity index (χ2n) is 5.45. The van der Waals surface area contributed by atoms with E-state index in [0.29, 0.717) is 12.1 Å². The number of rotatable bonds is 6. The lowest BCUT2D eigenvalue weighted by Crippen LogP contribution is -2.43. The van der Waals surface area contributed by atoms with Gasteiger partial charge in [-0.3, -0.25) is 0 Å². The minimum atomic E-state index is 0.327. The largest absolute Gasteiger partial charge is 0.377 e. The first-order chi connectivity index (χ1) is 8.69. The van der Waals surface area contributed by atoms with E-state index in [-0.39, 0.29) is 0 Å². The van der Waals surface area contributed by atoms with E-state index < -0.39 is 0 Å². The summed E-state index contributed by atoms with van der Waals surface area (Å²) < 4.78 is 5.53. The Morgan fingerprint density at radius 2 is 2.17 bits per heavy atom. The number of benzene rings is 1. The number of aryl methyl sites for hydroxylation is 1. The van der Waals surface area contributed by atoms with Crippen molar-refractivity contribution in [2.45, 2.75) is 51.7 Å². The number of ether oxygens (including phenoxy) is 1. The molecule has 0 heterocycles. The summed E-state index contributed by atoms with van der Waals surface area (Å²) >= 11 is 0. The summed E-state index contributed by atoms with van der Waals surface area (Å²) in [5, 5.41) is 3.59. The fourth-order valence-corrected chi connectivity index (χ4v) is 2.66. The summed E-state index contributed by atoms with van der Waals surface area (Å²) in [6.45, 7) is 8.13. The van der Waals surface area contributed by atoms with E-state index in [1.165, 1.54) is 24.0 Å². The quantitative estimate of drug-likeness (QED) is 0.833. The maximum Gasteiger partial charge on any atom is 0.0671 e. The molecule has 1 atom stereocenters. The SMILES string of the molecule is CCOC(C)CNC1CC(c2cccc(C)c2)C1. The van der Waals surface area contributed by atoms with E-state index in [0.717, 1.165) is 19.1 Å². The Balaban J connectivity index is 1.71. The molecule has 1 fully saturated rings. The monoisotopic (exact) mass is 247 g/mol. The smallest absolute Gasteiger partial charge is 0.0671 e. The molecule has 0 radical (unpaired) electrons. The first kappa shape index (κ1) is 13.6. The first-order valence-corrected chi connectivity index (χ1v) is 7.10. The predicted molar refractivity (Wildman–Crippen MR) is 76.0 cm³/mol. The predicted octanol–water partition coefficient (Wildman–Crippen LogP) is 3.26. The molecule has 1 N–H and O–H groups in total. The van der Waals surface area contributed by atoms with Gasteiger partial charge >= 0.3 is 0 Å². The van der Waals surface area contributed by atoms with Gasteiger partial charge in [0.05, 0.1) is 6.10 Å². The molecular formula is C16H25NO. The van der Waals surface area contributed by atoms with Crippen LogP contribution in [0, 0.1) is 6.92 Å². The molecule has 1 aromatic carbocycles. The van der Waals surface area contributed by atoms with Crippen LogP contribution >= 0.6 is 0 Å². The zero-order chi connectivity index (χ0) is 13.0. The Labute approximate surface area is 111 Å². The molecule has 100 valence electrons. The normalized spacial score (nSPS) is 24.6. The Kier molecular flexibility index (Phi) is 4.79. The third-order valence-electron chi connectivity index (χ3n) is 3.80. The molecule has 18 heavy (non-hydrogen) atoms. The van der Waals surface area contributed by atoms with Crippen LogP contribution in [0.4, 0.5) is 0 Å². The van der Waals surface area contributed by atoms with Crippen LogP contribution in [-0.2, 0) is 4.74 Å². The zero-order valence-corrected chi connectivity index (χ0v) is 11.8. The Morgan fingerprint density at radius 1 is 1.39 bits per heavy atom. The maximum atomic E-state index is 5.53. The first-order valence-electron chi connectivity index (χ1n) is 7.10. The van der Waals surface area contributed by atoms with E-state index in [1.54, 1.807) is 0 Å². The van der Waals surface area contributed by atoms with Gasteiger partial charge in [-0.2, -0.15) is 0 Å². The molecule has 2 heteroatoms. The van der Waals surface area contributed by atoms with Crippen molar-refractivity contribution in [2.24, 2.45) is 0 Å². The standard InChI is InChI=1S/C16H25NO/c1-4-18-13(3)11-17-16-9-15(10-16)14-7-5-6-12(2)8-14/h5-8,13,15-17H,4,9-11H2,1-3H3. The summed E-state index contributed by atoms with van der Waals surface area (Å²) in [5.74, 6) is 0.754. The van der Waals surface area contributed by atoms with Crippen molar-refractivity contribution in [3.63, 3.8) is 0 Å². The summed E-state index contributed by atoms with van der Waals surface area (Å²) in [6.07, 6.45) is 2.86. The molecule has 0 spiro atoms.